The highest BCUT2D eigenvalue weighted by atomic mass is 32.1. The third-order valence-electron chi connectivity index (χ3n) is 1.15. The number of hydrogen-bond donors (Lipinski definition) is 3. The van der Waals surface area contributed by atoms with Crippen LogP contribution in [0.15, 0.2) is 5.51 Å². The molecular formula is C5H8N4O2S. The van der Waals surface area contributed by atoms with Crippen molar-refractivity contribution in [3.63, 3.8) is 0 Å². The predicted octanol–water partition coefficient (Wildman–Crippen LogP) is -0.638. The van der Waals surface area contributed by atoms with Gasteiger partial charge in [-0.1, -0.05) is 11.3 Å². The molecule has 0 saturated carbocycles. The predicted molar refractivity (Wildman–Crippen MR) is 44.0 cm³/mol. The molecule has 0 bridgehead atoms. The first-order valence-corrected chi connectivity index (χ1v) is 4.06. The van der Waals surface area contributed by atoms with Crippen molar-refractivity contribution in [2.24, 2.45) is 5.73 Å². The number of aliphatic carboxylic acids is 1. The fourth-order valence-electron chi connectivity index (χ4n) is 0.535. The van der Waals surface area contributed by atoms with E-state index in [1.165, 1.54) is 11.3 Å². The van der Waals surface area contributed by atoms with Crippen LogP contribution in [0.3, 0.4) is 0 Å². The zero-order valence-corrected chi connectivity index (χ0v) is 6.91. The average Bonchev–Trinajstić information content (AvgIpc) is 2.51. The van der Waals surface area contributed by atoms with E-state index < -0.39 is 12.0 Å². The number of hydrogen-bond acceptors (Lipinski definition) is 6. The van der Waals surface area contributed by atoms with Gasteiger partial charge in [-0.25, -0.2) is 0 Å². The lowest BCUT2D eigenvalue weighted by Crippen LogP contribution is -2.36. The largest absolute Gasteiger partial charge is 0.480 e. The number of anilines is 1. The van der Waals surface area contributed by atoms with Crippen molar-refractivity contribution in [1.29, 1.82) is 0 Å². The molecule has 7 heteroatoms. The first kappa shape index (κ1) is 8.88. The van der Waals surface area contributed by atoms with E-state index in [4.69, 9.17) is 10.8 Å². The summed E-state index contributed by atoms with van der Waals surface area (Å²) in [6.07, 6.45) is 0. The fraction of sp³-hybridized carbons (Fsp3) is 0.400. The molecule has 0 saturated heterocycles. The molecule has 1 unspecified atom stereocenters. The second-order valence-electron chi connectivity index (χ2n) is 2.07. The number of nitrogens with two attached hydrogens (primary N) is 1. The number of rotatable bonds is 4. The summed E-state index contributed by atoms with van der Waals surface area (Å²) in [6.45, 7) is 0.157. The number of carboxylic acids is 1. The lowest BCUT2D eigenvalue weighted by Gasteiger charge is -2.05. The molecule has 1 heterocycles. The highest BCUT2D eigenvalue weighted by molar-refractivity contribution is 7.13. The molecule has 6 nitrogen and oxygen atoms in total. The Hall–Kier alpha value is -1.21. The van der Waals surface area contributed by atoms with Crippen molar-refractivity contribution in [2.75, 3.05) is 11.9 Å². The van der Waals surface area contributed by atoms with Crippen molar-refractivity contribution < 1.29 is 9.90 Å². The number of carboxylic acid groups (broad SMARTS) is 1. The molecular weight excluding hydrogens is 180 g/mol. The molecule has 1 atom stereocenters. The minimum Gasteiger partial charge on any atom is -0.480 e. The Morgan fingerprint density at radius 2 is 2.67 bits per heavy atom. The minimum atomic E-state index is -1.04. The Labute approximate surface area is 72.4 Å². The molecule has 0 aliphatic rings. The van der Waals surface area contributed by atoms with Gasteiger partial charge in [-0.05, 0) is 0 Å². The summed E-state index contributed by atoms with van der Waals surface area (Å²) in [7, 11) is 0. The van der Waals surface area contributed by atoms with Crippen LogP contribution in [0.1, 0.15) is 0 Å². The maximum absolute atomic E-state index is 10.3. The highest BCUT2D eigenvalue weighted by Crippen LogP contribution is 2.06. The van der Waals surface area contributed by atoms with E-state index in [-0.39, 0.29) is 6.54 Å². The van der Waals surface area contributed by atoms with Crippen LogP contribution in [0.25, 0.3) is 0 Å². The van der Waals surface area contributed by atoms with Gasteiger partial charge >= 0.3 is 5.97 Å². The monoisotopic (exact) mass is 188 g/mol. The molecule has 1 rings (SSSR count). The molecule has 1 aromatic heterocycles. The molecule has 0 radical (unpaired) electrons. The van der Waals surface area contributed by atoms with E-state index in [0.717, 1.165) is 0 Å². The quantitative estimate of drug-likeness (QED) is 0.581. The zero-order valence-electron chi connectivity index (χ0n) is 6.10. The molecule has 4 N–H and O–H groups in total. The lowest BCUT2D eigenvalue weighted by molar-refractivity contribution is -0.138. The lowest BCUT2D eigenvalue weighted by atomic mass is 10.3. The molecule has 0 fully saturated rings. The Kier molecular flexibility index (Phi) is 2.94. The van der Waals surface area contributed by atoms with Gasteiger partial charge in [0, 0.05) is 6.54 Å². The highest BCUT2D eigenvalue weighted by Gasteiger charge is 2.10. The summed E-state index contributed by atoms with van der Waals surface area (Å²) >= 11 is 1.29. The molecule has 0 aliphatic heterocycles. The molecule has 1 aromatic rings. The summed E-state index contributed by atoms with van der Waals surface area (Å²) in [5, 5.41) is 19.0. The first-order chi connectivity index (χ1) is 5.70. The van der Waals surface area contributed by atoms with E-state index in [1.807, 2.05) is 0 Å². The van der Waals surface area contributed by atoms with Crippen molar-refractivity contribution >= 4 is 22.4 Å². The van der Waals surface area contributed by atoms with E-state index in [1.54, 1.807) is 5.51 Å². The van der Waals surface area contributed by atoms with Gasteiger partial charge in [0.15, 0.2) is 0 Å². The van der Waals surface area contributed by atoms with Gasteiger partial charge in [-0.2, -0.15) is 0 Å². The van der Waals surface area contributed by atoms with E-state index in [2.05, 4.69) is 15.5 Å². The Bertz CT molecular complexity index is 250. The summed E-state index contributed by atoms with van der Waals surface area (Å²) in [6, 6.07) is -0.908. The summed E-state index contributed by atoms with van der Waals surface area (Å²) in [5.74, 6) is -1.04. The number of nitrogens with zero attached hydrogens (tertiary/aromatic N) is 2. The second-order valence-corrected chi connectivity index (χ2v) is 2.90. The maximum atomic E-state index is 10.3. The molecule has 12 heavy (non-hydrogen) atoms. The van der Waals surface area contributed by atoms with Gasteiger partial charge in [-0.15, -0.1) is 10.2 Å². The molecule has 0 aromatic carbocycles. The van der Waals surface area contributed by atoms with Crippen LogP contribution < -0.4 is 11.1 Å². The van der Waals surface area contributed by atoms with Gasteiger partial charge in [0.1, 0.15) is 11.6 Å². The van der Waals surface area contributed by atoms with Crippen LogP contribution >= 0.6 is 11.3 Å². The van der Waals surface area contributed by atoms with Crippen LogP contribution in [0.2, 0.25) is 0 Å². The van der Waals surface area contributed by atoms with Crippen LogP contribution in [0.5, 0.6) is 0 Å². The van der Waals surface area contributed by atoms with Gasteiger partial charge in [-0.3, -0.25) is 4.79 Å². The van der Waals surface area contributed by atoms with Crippen LogP contribution in [0.4, 0.5) is 5.13 Å². The number of carbonyl (C=O) groups is 1. The van der Waals surface area contributed by atoms with Crippen molar-refractivity contribution in [3.05, 3.63) is 5.51 Å². The summed E-state index contributed by atoms with van der Waals surface area (Å²) < 4.78 is 0. The number of aromatic nitrogens is 2. The van der Waals surface area contributed by atoms with E-state index in [0.29, 0.717) is 5.13 Å². The molecule has 0 amide bonds. The topological polar surface area (TPSA) is 101 Å². The Morgan fingerprint density at radius 3 is 3.17 bits per heavy atom. The molecule has 0 aliphatic carbocycles. The SMILES string of the molecule is NC(CNc1nncs1)C(=O)O. The van der Waals surface area contributed by atoms with Gasteiger partial charge in [0.2, 0.25) is 5.13 Å². The Balaban J connectivity index is 2.31. The van der Waals surface area contributed by atoms with Gasteiger partial charge < -0.3 is 16.2 Å². The van der Waals surface area contributed by atoms with E-state index in [9.17, 15) is 4.79 Å². The Morgan fingerprint density at radius 1 is 1.92 bits per heavy atom. The first-order valence-electron chi connectivity index (χ1n) is 3.18. The molecule has 66 valence electrons. The van der Waals surface area contributed by atoms with Crippen LogP contribution in [-0.2, 0) is 4.79 Å². The zero-order chi connectivity index (χ0) is 8.97. The standard InChI is InChI=1S/C5H8N4O2S/c6-3(4(10)11)1-7-5-9-8-2-12-5/h2-3H,1,6H2,(H,7,9)(H,10,11). The molecule has 0 spiro atoms. The maximum Gasteiger partial charge on any atom is 0.322 e. The van der Waals surface area contributed by atoms with Crippen molar-refractivity contribution in [3.8, 4) is 0 Å². The van der Waals surface area contributed by atoms with E-state index >= 15 is 0 Å². The fourth-order valence-corrected chi connectivity index (χ4v) is 0.990. The third-order valence-corrected chi connectivity index (χ3v) is 1.80. The third kappa shape index (κ3) is 2.44. The summed E-state index contributed by atoms with van der Waals surface area (Å²) in [5.41, 5.74) is 6.78. The van der Waals surface area contributed by atoms with Gasteiger partial charge in [0.25, 0.3) is 0 Å². The summed E-state index contributed by atoms with van der Waals surface area (Å²) in [4.78, 5) is 10.3. The minimum absolute atomic E-state index is 0.157. The smallest absolute Gasteiger partial charge is 0.322 e. The van der Waals surface area contributed by atoms with Crippen molar-refractivity contribution in [2.45, 2.75) is 6.04 Å². The van der Waals surface area contributed by atoms with Gasteiger partial charge in [0.05, 0.1) is 0 Å². The van der Waals surface area contributed by atoms with Crippen molar-refractivity contribution in [1.82, 2.24) is 10.2 Å². The second kappa shape index (κ2) is 3.98. The van der Waals surface area contributed by atoms with Crippen LogP contribution in [0, 0.1) is 0 Å². The van der Waals surface area contributed by atoms with Crippen LogP contribution in [-0.4, -0.2) is 33.9 Å². The normalized spacial score (nSPS) is 12.4. The number of nitrogens with one attached hydrogen (secondary N) is 1. The average molecular weight is 188 g/mol.